The van der Waals surface area contributed by atoms with Crippen LogP contribution < -0.4 is 5.32 Å². The maximum atomic E-state index is 12.0. The number of amides is 1. The van der Waals surface area contributed by atoms with Crippen LogP contribution in [0.5, 0.6) is 0 Å². The van der Waals surface area contributed by atoms with Gasteiger partial charge in [0.25, 0.3) is 0 Å². The Labute approximate surface area is 102 Å². The minimum Gasteiger partial charge on any atom is -0.481 e. The number of aliphatic carboxylic acids is 1. The Bertz CT molecular complexity index is 275. The molecule has 1 fully saturated rings. The molecule has 0 spiro atoms. The van der Waals surface area contributed by atoms with Gasteiger partial charge < -0.3 is 15.3 Å². The lowest BCUT2D eigenvalue weighted by atomic mass is 10.1. The smallest absolute Gasteiger partial charge is 0.303 e. The van der Waals surface area contributed by atoms with Gasteiger partial charge in [0, 0.05) is 25.6 Å². The first-order chi connectivity index (χ1) is 8.00. The maximum absolute atomic E-state index is 12.0. The molecule has 0 aliphatic carbocycles. The largest absolute Gasteiger partial charge is 0.481 e. The molecule has 1 heterocycles. The van der Waals surface area contributed by atoms with E-state index in [1.54, 1.807) is 0 Å². The number of carbonyl (C=O) groups is 2. The summed E-state index contributed by atoms with van der Waals surface area (Å²) in [6, 6.07) is -0.176. The van der Waals surface area contributed by atoms with Gasteiger partial charge in [-0.25, -0.2) is 0 Å². The average Bonchev–Trinajstić information content (AvgIpc) is 2.78. The van der Waals surface area contributed by atoms with Gasteiger partial charge in [-0.1, -0.05) is 0 Å². The highest BCUT2D eigenvalue weighted by Gasteiger charge is 2.23. The number of carboxylic acids is 1. The van der Waals surface area contributed by atoms with E-state index in [1.807, 2.05) is 18.7 Å². The molecule has 0 radical (unpaired) electrons. The van der Waals surface area contributed by atoms with Gasteiger partial charge in [0.15, 0.2) is 0 Å². The molecule has 1 amide bonds. The number of hydrogen-bond acceptors (Lipinski definition) is 3. The van der Waals surface area contributed by atoms with Crippen molar-refractivity contribution < 1.29 is 14.7 Å². The molecule has 0 bridgehead atoms. The molecule has 0 aromatic heterocycles. The van der Waals surface area contributed by atoms with Gasteiger partial charge in [-0.3, -0.25) is 9.59 Å². The van der Waals surface area contributed by atoms with E-state index in [4.69, 9.17) is 5.11 Å². The summed E-state index contributed by atoms with van der Waals surface area (Å²) >= 11 is 0. The van der Waals surface area contributed by atoms with E-state index < -0.39 is 5.97 Å². The number of nitrogens with one attached hydrogen (secondary N) is 1. The Kier molecular flexibility index (Phi) is 5.41. The van der Waals surface area contributed by atoms with Gasteiger partial charge in [-0.2, -0.15) is 0 Å². The van der Waals surface area contributed by atoms with Crippen molar-refractivity contribution in [3.63, 3.8) is 0 Å². The van der Waals surface area contributed by atoms with Crippen molar-refractivity contribution in [2.45, 2.75) is 51.6 Å². The van der Waals surface area contributed by atoms with Crippen LogP contribution in [-0.4, -0.2) is 47.1 Å². The summed E-state index contributed by atoms with van der Waals surface area (Å²) in [4.78, 5) is 24.3. The summed E-state index contributed by atoms with van der Waals surface area (Å²) in [5, 5.41) is 11.7. The lowest BCUT2D eigenvalue weighted by Crippen LogP contribution is -2.46. The average molecular weight is 242 g/mol. The lowest BCUT2D eigenvalue weighted by molar-refractivity contribution is -0.137. The Morgan fingerprint density at radius 1 is 1.29 bits per heavy atom. The third-order valence-corrected chi connectivity index (χ3v) is 3.11. The molecule has 0 saturated carbocycles. The van der Waals surface area contributed by atoms with Crippen LogP contribution in [0.3, 0.4) is 0 Å². The standard InChI is InChI=1S/C12H22N2O3/c1-9(5-6-11(15)16)13-10(2)12(17)14-7-3-4-8-14/h9-10,13H,3-8H2,1-2H3,(H,15,16). The zero-order chi connectivity index (χ0) is 12.8. The van der Waals surface area contributed by atoms with Crippen molar-refractivity contribution in [1.82, 2.24) is 10.2 Å². The lowest BCUT2D eigenvalue weighted by Gasteiger charge is -2.24. The van der Waals surface area contributed by atoms with E-state index >= 15 is 0 Å². The van der Waals surface area contributed by atoms with Crippen molar-refractivity contribution in [3.8, 4) is 0 Å². The third-order valence-electron chi connectivity index (χ3n) is 3.11. The highest BCUT2D eigenvalue weighted by atomic mass is 16.4. The summed E-state index contributed by atoms with van der Waals surface area (Å²) < 4.78 is 0. The highest BCUT2D eigenvalue weighted by molar-refractivity contribution is 5.81. The van der Waals surface area contributed by atoms with Gasteiger partial charge in [0.2, 0.25) is 5.91 Å². The molecular weight excluding hydrogens is 220 g/mol. The normalized spacial score (nSPS) is 19.1. The van der Waals surface area contributed by atoms with Gasteiger partial charge in [-0.05, 0) is 33.1 Å². The predicted octanol–water partition coefficient (Wildman–Crippen LogP) is 0.840. The number of likely N-dealkylation sites (tertiary alicyclic amines) is 1. The Morgan fingerprint density at radius 2 is 1.88 bits per heavy atom. The minimum absolute atomic E-state index is 0.0488. The fraction of sp³-hybridized carbons (Fsp3) is 0.833. The topological polar surface area (TPSA) is 69.6 Å². The van der Waals surface area contributed by atoms with Crippen molar-refractivity contribution in [2.75, 3.05) is 13.1 Å². The number of hydrogen-bond donors (Lipinski definition) is 2. The van der Waals surface area contributed by atoms with Gasteiger partial charge in [0.1, 0.15) is 0 Å². The second-order valence-corrected chi connectivity index (χ2v) is 4.75. The second kappa shape index (κ2) is 6.59. The molecule has 1 aliphatic rings. The molecule has 0 aromatic rings. The second-order valence-electron chi connectivity index (χ2n) is 4.75. The summed E-state index contributed by atoms with van der Waals surface area (Å²) in [7, 11) is 0. The zero-order valence-electron chi connectivity index (χ0n) is 10.6. The first-order valence-corrected chi connectivity index (χ1v) is 6.27. The quantitative estimate of drug-likeness (QED) is 0.724. The third kappa shape index (κ3) is 4.73. The van der Waals surface area contributed by atoms with Gasteiger partial charge >= 0.3 is 5.97 Å². The van der Waals surface area contributed by atoms with Crippen LogP contribution in [0.15, 0.2) is 0 Å². The van der Waals surface area contributed by atoms with Crippen molar-refractivity contribution >= 4 is 11.9 Å². The SMILES string of the molecule is CC(CCC(=O)O)NC(C)C(=O)N1CCCC1. The number of carbonyl (C=O) groups excluding carboxylic acids is 1. The first kappa shape index (κ1) is 14.0. The van der Waals surface area contributed by atoms with E-state index in [0.717, 1.165) is 25.9 Å². The summed E-state index contributed by atoms with van der Waals surface area (Å²) in [5.74, 6) is -0.665. The van der Waals surface area contributed by atoms with Crippen LogP contribution in [-0.2, 0) is 9.59 Å². The Balaban J connectivity index is 2.29. The van der Waals surface area contributed by atoms with Crippen molar-refractivity contribution in [2.24, 2.45) is 0 Å². The van der Waals surface area contributed by atoms with Crippen molar-refractivity contribution in [1.29, 1.82) is 0 Å². The first-order valence-electron chi connectivity index (χ1n) is 6.27. The summed E-state index contributed by atoms with van der Waals surface area (Å²) in [6.07, 6.45) is 2.87. The number of carboxylic acid groups (broad SMARTS) is 1. The predicted molar refractivity (Wildman–Crippen MR) is 64.7 cm³/mol. The van der Waals surface area contributed by atoms with Crippen LogP contribution in [0.4, 0.5) is 0 Å². The Hall–Kier alpha value is -1.10. The molecule has 2 atom stereocenters. The minimum atomic E-state index is -0.794. The van der Waals surface area contributed by atoms with Gasteiger partial charge in [-0.15, -0.1) is 0 Å². The zero-order valence-corrected chi connectivity index (χ0v) is 10.6. The molecule has 1 rings (SSSR count). The molecule has 98 valence electrons. The fourth-order valence-corrected chi connectivity index (χ4v) is 2.13. The number of nitrogens with zero attached hydrogens (tertiary/aromatic N) is 1. The Morgan fingerprint density at radius 3 is 2.41 bits per heavy atom. The van der Waals surface area contributed by atoms with Crippen LogP contribution in [0.1, 0.15) is 39.5 Å². The van der Waals surface area contributed by atoms with Crippen LogP contribution in [0.2, 0.25) is 0 Å². The fourth-order valence-electron chi connectivity index (χ4n) is 2.13. The molecular formula is C12H22N2O3. The maximum Gasteiger partial charge on any atom is 0.303 e. The van der Waals surface area contributed by atoms with E-state index in [0.29, 0.717) is 6.42 Å². The molecule has 2 N–H and O–H groups in total. The molecule has 1 saturated heterocycles. The highest BCUT2D eigenvalue weighted by Crippen LogP contribution is 2.09. The van der Waals surface area contributed by atoms with Crippen LogP contribution >= 0.6 is 0 Å². The molecule has 0 aromatic carbocycles. The monoisotopic (exact) mass is 242 g/mol. The van der Waals surface area contributed by atoms with E-state index in [2.05, 4.69) is 5.32 Å². The van der Waals surface area contributed by atoms with E-state index in [9.17, 15) is 9.59 Å². The summed E-state index contributed by atoms with van der Waals surface area (Å²) in [5.41, 5.74) is 0. The molecule has 17 heavy (non-hydrogen) atoms. The van der Waals surface area contributed by atoms with Crippen LogP contribution in [0, 0.1) is 0 Å². The molecule has 5 heteroatoms. The molecule has 1 aliphatic heterocycles. The van der Waals surface area contributed by atoms with Crippen molar-refractivity contribution in [3.05, 3.63) is 0 Å². The van der Waals surface area contributed by atoms with Crippen LogP contribution in [0.25, 0.3) is 0 Å². The summed E-state index contributed by atoms with van der Waals surface area (Å²) in [6.45, 7) is 5.47. The van der Waals surface area contributed by atoms with E-state index in [1.165, 1.54) is 0 Å². The van der Waals surface area contributed by atoms with Gasteiger partial charge in [0.05, 0.1) is 6.04 Å². The van der Waals surface area contributed by atoms with E-state index in [-0.39, 0.29) is 24.4 Å². The molecule has 5 nitrogen and oxygen atoms in total. The number of rotatable bonds is 6. The molecule has 2 unspecified atom stereocenters.